The third-order valence-corrected chi connectivity index (χ3v) is 2.87. The highest BCUT2D eigenvalue weighted by Gasteiger charge is 2.04. The summed E-state index contributed by atoms with van der Waals surface area (Å²) >= 11 is 6.14. The molecule has 2 aromatic rings. The Labute approximate surface area is 128 Å². The maximum absolute atomic E-state index is 12.8. The Bertz CT molecular complexity index is 627. The Kier molecular flexibility index (Phi) is 5.17. The first-order valence-electron chi connectivity index (χ1n) is 6.55. The van der Waals surface area contributed by atoms with E-state index in [-0.39, 0.29) is 11.9 Å². The lowest BCUT2D eigenvalue weighted by atomic mass is 10.2. The van der Waals surface area contributed by atoms with Crippen molar-refractivity contribution in [2.45, 2.75) is 20.0 Å². The quantitative estimate of drug-likeness (QED) is 0.641. The molecule has 0 radical (unpaired) electrons. The molecule has 0 heterocycles. The van der Waals surface area contributed by atoms with Crippen LogP contribution in [0.25, 0.3) is 0 Å². The molecule has 0 saturated heterocycles. The molecule has 3 nitrogen and oxygen atoms in total. The highest BCUT2D eigenvalue weighted by Crippen LogP contribution is 2.25. The van der Waals surface area contributed by atoms with Crippen LogP contribution in [0.3, 0.4) is 0 Å². The average molecular weight is 307 g/mol. The van der Waals surface area contributed by atoms with E-state index >= 15 is 0 Å². The molecule has 0 bridgehead atoms. The van der Waals surface area contributed by atoms with E-state index < -0.39 is 0 Å². The van der Waals surface area contributed by atoms with E-state index in [1.807, 2.05) is 26.0 Å². The van der Waals surface area contributed by atoms with Gasteiger partial charge in [0.15, 0.2) is 0 Å². The van der Waals surface area contributed by atoms with E-state index in [9.17, 15) is 4.39 Å². The fraction of sp³-hybridized carbons (Fsp3) is 0.188. The molecular formula is C16H16ClFN2O. The normalized spacial score (nSPS) is 11.1. The van der Waals surface area contributed by atoms with Crippen molar-refractivity contribution in [1.29, 1.82) is 0 Å². The minimum Gasteiger partial charge on any atom is -0.489 e. The lowest BCUT2D eigenvalue weighted by Gasteiger charge is -2.11. The Morgan fingerprint density at radius 2 is 1.90 bits per heavy atom. The summed E-state index contributed by atoms with van der Waals surface area (Å²) in [5.41, 5.74) is 4.36. The highest BCUT2D eigenvalue weighted by atomic mass is 35.5. The SMILES string of the molecule is CC(C)Oc1ccc(/C=N/Nc2ccc(F)cc2)cc1Cl. The van der Waals surface area contributed by atoms with Gasteiger partial charge in [-0.05, 0) is 61.9 Å². The smallest absolute Gasteiger partial charge is 0.138 e. The van der Waals surface area contributed by atoms with Crippen LogP contribution in [0.5, 0.6) is 5.75 Å². The number of anilines is 1. The van der Waals surface area contributed by atoms with E-state index in [0.29, 0.717) is 16.5 Å². The van der Waals surface area contributed by atoms with E-state index in [0.717, 1.165) is 5.56 Å². The standard InChI is InChI=1S/C16H16ClFN2O/c1-11(2)21-16-8-3-12(9-15(16)17)10-19-20-14-6-4-13(18)5-7-14/h3-11,20H,1-2H3/b19-10+. The summed E-state index contributed by atoms with van der Waals surface area (Å²) in [4.78, 5) is 0. The van der Waals surface area contributed by atoms with Gasteiger partial charge in [-0.25, -0.2) is 4.39 Å². The molecule has 0 aromatic heterocycles. The number of rotatable bonds is 5. The average Bonchev–Trinajstić information content (AvgIpc) is 2.43. The number of nitrogens with zero attached hydrogens (tertiary/aromatic N) is 1. The van der Waals surface area contributed by atoms with Gasteiger partial charge < -0.3 is 4.74 Å². The monoisotopic (exact) mass is 306 g/mol. The van der Waals surface area contributed by atoms with Crippen LogP contribution < -0.4 is 10.2 Å². The summed E-state index contributed by atoms with van der Waals surface area (Å²) in [6.07, 6.45) is 1.70. The number of hydrogen-bond donors (Lipinski definition) is 1. The first-order chi connectivity index (χ1) is 10.0. The molecule has 0 amide bonds. The van der Waals surface area contributed by atoms with E-state index in [1.165, 1.54) is 12.1 Å². The summed E-state index contributed by atoms with van der Waals surface area (Å²) < 4.78 is 18.3. The number of benzene rings is 2. The van der Waals surface area contributed by atoms with Crippen LogP contribution in [0.1, 0.15) is 19.4 Å². The minimum atomic E-state index is -0.281. The van der Waals surface area contributed by atoms with Crippen molar-refractivity contribution >= 4 is 23.5 Å². The van der Waals surface area contributed by atoms with Crippen LogP contribution in [0, 0.1) is 5.82 Å². The zero-order chi connectivity index (χ0) is 15.2. The van der Waals surface area contributed by atoms with Crippen molar-refractivity contribution in [2.24, 2.45) is 5.10 Å². The molecule has 0 spiro atoms. The molecule has 110 valence electrons. The molecule has 0 fully saturated rings. The van der Waals surface area contributed by atoms with Crippen molar-refractivity contribution in [3.63, 3.8) is 0 Å². The van der Waals surface area contributed by atoms with Crippen LogP contribution in [0.4, 0.5) is 10.1 Å². The molecule has 2 rings (SSSR count). The Morgan fingerprint density at radius 1 is 1.19 bits per heavy atom. The van der Waals surface area contributed by atoms with Crippen LogP contribution >= 0.6 is 11.6 Å². The van der Waals surface area contributed by atoms with E-state index in [2.05, 4.69) is 10.5 Å². The maximum atomic E-state index is 12.8. The van der Waals surface area contributed by atoms with Gasteiger partial charge in [-0.1, -0.05) is 11.6 Å². The second kappa shape index (κ2) is 7.09. The van der Waals surface area contributed by atoms with Gasteiger partial charge in [0.05, 0.1) is 23.0 Å². The molecule has 0 saturated carbocycles. The van der Waals surface area contributed by atoms with Crippen molar-refractivity contribution < 1.29 is 9.13 Å². The van der Waals surface area contributed by atoms with Gasteiger partial charge in [0.1, 0.15) is 11.6 Å². The first-order valence-corrected chi connectivity index (χ1v) is 6.93. The predicted octanol–water partition coefficient (Wildman–Crippen LogP) is 4.71. The molecule has 5 heteroatoms. The molecule has 0 aliphatic carbocycles. The summed E-state index contributed by atoms with van der Waals surface area (Å²) in [5.74, 6) is 0.368. The van der Waals surface area contributed by atoms with Gasteiger partial charge in [-0.15, -0.1) is 0 Å². The Hall–Kier alpha value is -2.07. The topological polar surface area (TPSA) is 33.6 Å². The fourth-order valence-electron chi connectivity index (χ4n) is 1.65. The van der Waals surface area contributed by atoms with Gasteiger partial charge in [0.2, 0.25) is 0 Å². The molecule has 0 aliphatic rings. The predicted molar refractivity (Wildman–Crippen MR) is 84.8 cm³/mol. The third-order valence-electron chi connectivity index (χ3n) is 2.57. The second-order valence-corrected chi connectivity index (χ2v) is 5.14. The van der Waals surface area contributed by atoms with Crippen molar-refractivity contribution in [2.75, 3.05) is 5.43 Å². The lowest BCUT2D eigenvalue weighted by molar-refractivity contribution is 0.242. The van der Waals surface area contributed by atoms with Gasteiger partial charge in [0.25, 0.3) is 0 Å². The second-order valence-electron chi connectivity index (χ2n) is 4.73. The molecule has 0 atom stereocenters. The molecule has 1 N–H and O–H groups in total. The maximum Gasteiger partial charge on any atom is 0.138 e. The summed E-state index contributed by atoms with van der Waals surface area (Å²) in [6.45, 7) is 3.89. The van der Waals surface area contributed by atoms with Crippen molar-refractivity contribution in [3.8, 4) is 5.75 Å². The van der Waals surface area contributed by atoms with Crippen LogP contribution in [-0.2, 0) is 0 Å². The molecule has 2 aromatic carbocycles. The highest BCUT2D eigenvalue weighted by molar-refractivity contribution is 6.32. The van der Waals surface area contributed by atoms with Gasteiger partial charge >= 0.3 is 0 Å². The number of halogens is 2. The van der Waals surface area contributed by atoms with E-state index in [4.69, 9.17) is 16.3 Å². The van der Waals surface area contributed by atoms with Crippen LogP contribution in [0.2, 0.25) is 5.02 Å². The molecule has 0 aliphatic heterocycles. The molecule has 0 unspecified atom stereocenters. The third kappa shape index (κ3) is 4.76. The van der Waals surface area contributed by atoms with Crippen LogP contribution in [-0.4, -0.2) is 12.3 Å². The zero-order valence-electron chi connectivity index (χ0n) is 11.8. The number of hydrazone groups is 1. The summed E-state index contributed by atoms with van der Waals surface area (Å²) in [7, 11) is 0. The molecule has 21 heavy (non-hydrogen) atoms. The zero-order valence-corrected chi connectivity index (χ0v) is 12.6. The Balaban J connectivity index is 2.00. The van der Waals surface area contributed by atoms with Crippen molar-refractivity contribution in [1.82, 2.24) is 0 Å². The minimum absolute atomic E-state index is 0.0714. The van der Waals surface area contributed by atoms with Gasteiger partial charge in [0, 0.05) is 0 Å². The number of nitrogens with one attached hydrogen (secondary N) is 1. The van der Waals surface area contributed by atoms with Gasteiger partial charge in [-0.2, -0.15) is 5.10 Å². The summed E-state index contributed by atoms with van der Waals surface area (Å²) in [5, 5.41) is 4.61. The van der Waals surface area contributed by atoms with Crippen molar-refractivity contribution in [3.05, 3.63) is 58.9 Å². The first kappa shape index (κ1) is 15.3. The van der Waals surface area contributed by atoms with Gasteiger partial charge in [-0.3, -0.25) is 5.43 Å². The fourth-order valence-corrected chi connectivity index (χ4v) is 1.89. The number of hydrogen-bond acceptors (Lipinski definition) is 3. The summed E-state index contributed by atoms with van der Waals surface area (Å²) in [6, 6.07) is 11.4. The Morgan fingerprint density at radius 3 is 2.52 bits per heavy atom. The lowest BCUT2D eigenvalue weighted by Crippen LogP contribution is -2.05. The largest absolute Gasteiger partial charge is 0.489 e. The number of ether oxygens (including phenoxy) is 1. The van der Waals surface area contributed by atoms with Crippen LogP contribution in [0.15, 0.2) is 47.6 Å². The molecular weight excluding hydrogens is 291 g/mol. The van der Waals surface area contributed by atoms with E-state index in [1.54, 1.807) is 24.4 Å².